The minimum Gasteiger partial charge on any atom is -0.494 e. The van der Waals surface area contributed by atoms with E-state index in [1.54, 1.807) is 0 Å². The molecule has 0 fully saturated rings. The number of hydrogen-bond donors (Lipinski definition) is 0. The largest absolute Gasteiger partial charge is 0.494 e. The summed E-state index contributed by atoms with van der Waals surface area (Å²) < 4.78 is 5.41. The van der Waals surface area contributed by atoms with Crippen LogP contribution in [0.2, 0.25) is 0 Å². The first-order chi connectivity index (χ1) is 6.70. The molecule has 0 bridgehead atoms. The van der Waals surface area contributed by atoms with Gasteiger partial charge in [-0.25, -0.2) is 0 Å². The molecular weight excluding hydrogens is 242 g/mol. The molecule has 0 aliphatic carbocycles. The minimum atomic E-state index is -0.345. The Morgan fingerprint density at radius 3 is 2.43 bits per heavy atom. The van der Waals surface area contributed by atoms with Crippen molar-refractivity contribution in [3.8, 4) is 5.75 Å². The van der Waals surface area contributed by atoms with Gasteiger partial charge in [-0.15, -0.1) is 11.6 Å². The van der Waals surface area contributed by atoms with E-state index in [0.717, 1.165) is 5.75 Å². The van der Waals surface area contributed by atoms with Gasteiger partial charge in [0.1, 0.15) is 5.75 Å². The number of hydrogen-bond acceptors (Lipinski definition) is 1. The molecule has 0 aliphatic rings. The highest BCUT2D eigenvalue weighted by Gasteiger charge is 2.14. The molecule has 0 saturated carbocycles. The number of halogens is 3. The molecule has 1 nitrogen and oxygen atoms in total. The van der Waals surface area contributed by atoms with E-state index in [9.17, 15) is 0 Å². The lowest BCUT2D eigenvalue weighted by molar-refractivity contribution is 0.312. The van der Waals surface area contributed by atoms with Crippen LogP contribution in [-0.4, -0.2) is 12.0 Å². The number of alkyl halides is 1. The van der Waals surface area contributed by atoms with Gasteiger partial charge in [0.2, 0.25) is 0 Å². The molecule has 1 atom stereocenters. The van der Waals surface area contributed by atoms with Crippen molar-refractivity contribution in [2.24, 2.45) is 0 Å². The van der Waals surface area contributed by atoms with E-state index in [2.05, 4.69) is 0 Å². The molecule has 77 valence electrons. The van der Waals surface area contributed by atoms with Gasteiger partial charge >= 0.3 is 0 Å². The zero-order valence-corrected chi connectivity index (χ0v) is 9.69. The summed E-state index contributed by atoms with van der Waals surface area (Å²) in [5.41, 5.74) is 0. The monoisotopic (exact) mass is 251 g/mol. The highest BCUT2D eigenvalue weighted by molar-refractivity contribution is 6.56. The molecule has 0 N–H and O–H groups in total. The van der Waals surface area contributed by atoms with Crippen molar-refractivity contribution in [3.05, 3.63) is 35.2 Å². The van der Waals surface area contributed by atoms with Crippen molar-refractivity contribution in [1.29, 1.82) is 0 Å². The van der Waals surface area contributed by atoms with E-state index >= 15 is 0 Å². The second-order valence-electron chi connectivity index (χ2n) is 2.71. The molecule has 0 amide bonds. The average Bonchev–Trinajstić information content (AvgIpc) is 2.19. The lowest BCUT2D eigenvalue weighted by Gasteiger charge is -2.10. The summed E-state index contributed by atoms with van der Waals surface area (Å²) in [7, 11) is 0. The summed E-state index contributed by atoms with van der Waals surface area (Å²) in [6.07, 6.45) is 0.596. The Morgan fingerprint density at radius 2 is 1.86 bits per heavy atom. The normalized spacial score (nSPS) is 12.9. The van der Waals surface area contributed by atoms with E-state index in [1.165, 1.54) is 0 Å². The summed E-state index contributed by atoms with van der Waals surface area (Å²) in [6.45, 7) is 0.501. The van der Waals surface area contributed by atoms with E-state index < -0.39 is 0 Å². The Bertz CT molecular complexity index is 251. The molecule has 0 aromatic heterocycles. The van der Waals surface area contributed by atoms with Crippen LogP contribution < -0.4 is 4.74 Å². The zero-order chi connectivity index (χ0) is 10.4. The van der Waals surface area contributed by atoms with Crippen LogP contribution in [-0.2, 0) is 0 Å². The van der Waals surface area contributed by atoms with Gasteiger partial charge in [-0.05, 0) is 12.1 Å². The first-order valence-electron chi connectivity index (χ1n) is 4.20. The van der Waals surface area contributed by atoms with Gasteiger partial charge in [0.25, 0.3) is 0 Å². The molecule has 0 spiro atoms. The van der Waals surface area contributed by atoms with Crippen molar-refractivity contribution in [2.45, 2.75) is 11.8 Å². The summed E-state index contributed by atoms with van der Waals surface area (Å²) in [5.74, 6) is 0.821. The summed E-state index contributed by atoms with van der Waals surface area (Å²) >= 11 is 16.8. The van der Waals surface area contributed by atoms with Crippen LogP contribution in [0.25, 0.3) is 0 Å². The van der Waals surface area contributed by atoms with Gasteiger partial charge in [-0.3, -0.25) is 0 Å². The summed E-state index contributed by atoms with van der Waals surface area (Å²) in [5, 5.41) is -0.345. The number of benzene rings is 1. The molecule has 14 heavy (non-hydrogen) atoms. The minimum absolute atomic E-state index is 0.184. The third kappa shape index (κ3) is 4.41. The van der Waals surface area contributed by atoms with Crippen LogP contribution in [0.3, 0.4) is 0 Å². The third-order valence-corrected chi connectivity index (χ3v) is 2.81. The standard InChI is InChI=1S/C10H10Cl3O/c11-9(10(12)13)6-7-14-8-4-2-1-3-5-8/h1-5,9H,6-7H2. The molecule has 0 heterocycles. The maximum Gasteiger partial charge on any atom is 0.168 e. The van der Waals surface area contributed by atoms with Gasteiger partial charge in [0.05, 0.1) is 12.0 Å². The second kappa shape index (κ2) is 6.39. The fraction of sp³-hybridized carbons (Fsp3) is 0.300. The number of para-hydroxylation sites is 1. The Hall–Kier alpha value is -0.110. The van der Waals surface area contributed by atoms with Gasteiger partial charge < -0.3 is 4.74 Å². The van der Waals surface area contributed by atoms with Crippen LogP contribution in [0.4, 0.5) is 0 Å². The smallest absolute Gasteiger partial charge is 0.168 e. The molecule has 0 aliphatic heterocycles. The lowest BCUT2D eigenvalue weighted by Crippen LogP contribution is -2.08. The first kappa shape index (κ1) is 12.0. The van der Waals surface area contributed by atoms with Gasteiger partial charge in [-0.1, -0.05) is 41.4 Å². The quantitative estimate of drug-likeness (QED) is 0.719. The SMILES string of the molecule is Cl[C](Cl)C(Cl)CCOc1ccccc1. The topological polar surface area (TPSA) is 9.23 Å². The predicted octanol–water partition coefficient (Wildman–Crippen LogP) is 4.03. The Morgan fingerprint density at radius 1 is 1.21 bits per heavy atom. The predicted molar refractivity (Wildman–Crippen MR) is 61.1 cm³/mol. The van der Waals surface area contributed by atoms with Crippen molar-refractivity contribution < 1.29 is 4.74 Å². The molecule has 1 radical (unpaired) electrons. The van der Waals surface area contributed by atoms with E-state index in [4.69, 9.17) is 39.5 Å². The first-order valence-corrected chi connectivity index (χ1v) is 5.39. The van der Waals surface area contributed by atoms with Gasteiger partial charge in [0.15, 0.2) is 4.84 Å². The maximum atomic E-state index is 5.80. The maximum absolute atomic E-state index is 5.80. The third-order valence-electron chi connectivity index (χ3n) is 1.62. The second-order valence-corrected chi connectivity index (χ2v) is 4.24. The highest BCUT2D eigenvalue weighted by atomic mass is 35.5. The van der Waals surface area contributed by atoms with Crippen LogP contribution in [0, 0.1) is 4.84 Å². The van der Waals surface area contributed by atoms with Crippen molar-refractivity contribution >= 4 is 34.8 Å². The highest BCUT2D eigenvalue weighted by Crippen LogP contribution is 2.25. The lowest BCUT2D eigenvalue weighted by atomic mass is 10.3. The zero-order valence-electron chi connectivity index (χ0n) is 7.42. The Labute approximate surface area is 98.9 Å². The van der Waals surface area contributed by atoms with E-state index in [-0.39, 0.29) is 10.2 Å². The average molecular weight is 253 g/mol. The van der Waals surface area contributed by atoms with Crippen LogP contribution in [0.5, 0.6) is 5.75 Å². The molecular formula is C10H10Cl3O. The van der Waals surface area contributed by atoms with E-state index in [0.29, 0.717) is 13.0 Å². The Balaban J connectivity index is 2.22. The van der Waals surface area contributed by atoms with Crippen molar-refractivity contribution in [3.63, 3.8) is 0 Å². The van der Waals surface area contributed by atoms with E-state index in [1.807, 2.05) is 30.3 Å². The number of ether oxygens (including phenoxy) is 1. The molecule has 1 unspecified atom stereocenters. The fourth-order valence-electron chi connectivity index (χ4n) is 0.906. The van der Waals surface area contributed by atoms with Crippen LogP contribution in [0.1, 0.15) is 6.42 Å². The van der Waals surface area contributed by atoms with Crippen molar-refractivity contribution in [2.75, 3.05) is 6.61 Å². The Kier molecular flexibility index (Phi) is 5.46. The molecule has 0 saturated heterocycles. The van der Waals surface area contributed by atoms with Crippen LogP contribution in [0.15, 0.2) is 30.3 Å². The number of rotatable bonds is 5. The summed E-state index contributed by atoms with van der Waals surface area (Å²) in [4.78, 5) is 0.184. The molecule has 1 aromatic carbocycles. The van der Waals surface area contributed by atoms with Crippen molar-refractivity contribution in [1.82, 2.24) is 0 Å². The van der Waals surface area contributed by atoms with Crippen LogP contribution >= 0.6 is 34.8 Å². The van der Waals surface area contributed by atoms with Gasteiger partial charge in [0, 0.05) is 6.42 Å². The molecule has 4 heteroatoms. The molecule has 1 rings (SSSR count). The fourth-order valence-corrected chi connectivity index (χ4v) is 1.21. The summed E-state index contributed by atoms with van der Waals surface area (Å²) in [6, 6.07) is 9.52. The molecule has 1 aromatic rings. The van der Waals surface area contributed by atoms with Gasteiger partial charge in [-0.2, -0.15) is 0 Å².